The van der Waals surface area contributed by atoms with Crippen LogP contribution in [0.4, 0.5) is 0 Å². The van der Waals surface area contributed by atoms with Crippen LogP contribution < -0.4 is 5.43 Å². The van der Waals surface area contributed by atoms with Gasteiger partial charge in [0, 0.05) is 7.05 Å². The molecule has 0 heterocycles. The molecule has 0 unspecified atom stereocenters. The van der Waals surface area contributed by atoms with E-state index in [0.717, 1.165) is 6.42 Å². The van der Waals surface area contributed by atoms with E-state index in [9.17, 15) is 0 Å². The number of nitrogens with one attached hydrogen (secondary N) is 1. The molecule has 0 aliphatic carbocycles. The average Bonchev–Trinajstić information content (AvgIpc) is 2.17. The molecule has 2 nitrogen and oxygen atoms in total. The van der Waals surface area contributed by atoms with Crippen molar-refractivity contribution in [3.8, 4) is 0 Å². The zero-order chi connectivity index (χ0) is 10.6. The third-order valence-electron chi connectivity index (χ3n) is 2.44. The van der Waals surface area contributed by atoms with Crippen molar-refractivity contribution in [2.75, 3.05) is 7.05 Å². The first-order valence-corrected chi connectivity index (χ1v) is 4.99. The average molecular weight is 190 g/mol. The second kappa shape index (κ2) is 4.80. The summed E-state index contributed by atoms with van der Waals surface area (Å²) in [6, 6.07) is 4.43. The fourth-order valence-electron chi connectivity index (χ4n) is 1.57. The van der Waals surface area contributed by atoms with E-state index in [1.807, 2.05) is 6.21 Å². The molecule has 0 spiro atoms. The zero-order valence-corrected chi connectivity index (χ0v) is 9.39. The number of hydrazone groups is 1. The summed E-state index contributed by atoms with van der Waals surface area (Å²) < 4.78 is 0. The van der Waals surface area contributed by atoms with E-state index >= 15 is 0 Å². The summed E-state index contributed by atoms with van der Waals surface area (Å²) in [6.45, 7) is 6.45. The molecule has 1 aromatic rings. The lowest BCUT2D eigenvalue weighted by Gasteiger charge is -2.07. The first kappa shape index (κ1) is 10.8. The lowest BCUT2D eigenvalue weighted by molar-refractivity contribution is 0.907. The van der Waals surface area contributed by atoms with Crippen LogP contribution in [0.5, 0.6) is 0 Å². The van der Waals surface area contributed by atoms with Crippen molar-refractivity contribution in [1.29, 1.82) is 0 Å². The minimum absolute atomic E-state index is 1.08. The summed E-state index contributed by atoms with van der Waals surface area (Å²) in [5.41, 5.74) is 8.00. The van der Waals surface area contributed by atoms with Crippen molar-refractivity contribution in [3.05, 3.63) is 34.4 Å². The predicted octanol–water partition coefficient (Wildman–Crippen LogP) is 2.42. The molecule has 0 atom stereocenters. The Hall–Kier alpha value is -1.31. The maximum atomic E-state index is 4.03. The van der Waals surface area contributed by atoms with Gasteiger partial charge in [0.1, 0.15) is 0 Å². The van der Waals surface area contributed by atoms with Gasteiger partial charge in [0.05, 0.1) is 6.21 Å². The van der Waals surface area contributed by atoms with Crippen LogP contribution in [-0.2, 0) is 6.42 Å². The first-order valence-electron chi connectivity index (χ1n) is 4.99. The molecule has 0 bridgehead atoms. The van der Waals surface area contributed by atoms with Gasteiger partial charge in [-0.1, -0.05) is 13.0 Å². The molecule has 1 rings (SSSR count). The summed E-state index contributed by atoms with van der Waals surface area (Å²) >= 11 is 0. The Kier molecular flexibility index (Phi) is 3.69. The standard InChI is InChI=1S/C12H18N2/c1-5-11-7-12(8-14-13-4)10(3)6-9(11)2/h6-8,13H,5H2,1-4H3. The Morgan fingerprint density at radius 1 is 1.29 bits per heavy atom. The molecule has 76 valence electrons. The Morgan fingerprint density at radius 3 is 2.57 bits per heavy atom. The molecule has 0 aliphatic rings. The lowest BCUT2D eigenvalue weighted by Crippen LogP contribution is -1.98. The van der Waals surface area contributed by atoms with Crippen molar-refractivity contribution >= 4 is 6.21 Å². The van der Waals surface area contributed by atoms with Crippen LogP contribution in [0.3, 0.4) is 0 Å². The monoisotopic (exact) mass is 190 g/mol. The smallest absolute Gasteiger partial charge is 0.0543 e. The molecule has 1 aromatic carbocycles. The van der Waals surface area contributed by atoms with Crippen molar-refractivity contribution in [2.45, 2.75) is 27.2 Å². The molecule has 1 N–H and O–H groups in total. The third-order valence-corrected chi connectivity index (χ3v) is 2.44. The SMILES string of the molecule is CCc1cc(C=NNC)c(C)cc1C. The number of aryl methyl sites for hydroxylation is 3. The lowest BCUT2D eigenvalue weighted by atomic mass is 9.99. The van der Waals surface area contributed by atoms with E-state index in [1.54, 1.807) is 7.05 Å². The molecular formula is C12H18N2. The molecule has 0 amide bonds. The Bertz CT molecular complexity index is 340. The van der Waals surface area contributed by atoms with Gasteiger partial charge in [-0.2, -0.15) is 5.10 Å². The van der Waals surface area contributed by atoms with Gasteiger partial charge in [-0.05, 0) is 48.6 Å². The molecular weight excluding hydrogens is 172 g/mol. The molecule has 0 aromatic heterocycles. The van der Waals surface area contributed by atoms with Crippen LogP contribution in [0, 0.1) is 13.8 Å². The number of hydrogen-bond acceptors (Lipinski definition) is 2. The maximum Gasteiger partial charge on any atom is 0.0543 e. The maximum absolute atomic E-state index is 4.03. The van der Waals surface area contributed by atoms with Crippen molar-refractivity contribution in [3.63, 3.8) is 0 Å². The Labute approximate surface area is 86.0 Å². The predicted molar refractivity (Wildman–Crippen MR) is 61.9 cm³/mol. The number of rotatable bonds is 3. The van der Waals surface area contributed by atoms with Gasteiger partial charge in [-0.25, -0.2) is 0 Å². The Balaban J connectivity index is 3.10. The molecule has 0 fully saturated rings. The zero-order valence-electron chi connectivity index (χ0n) is 9.39. The van der Waals surface area contributed by atoms with Crippen LogP contribution in [-0.4, -0.2) is 13.3 Å². The second-order valence-corrected chi connectivity index (χ2v) is 3.47. The van der Waals surface area contributed by atoms with E-state index < -0.39 is 0 Å². The van der Waals surface area contributed by atoms with Gasteiger partial charge < -0.3 is 5.43 Å². The molecule has 0 saturated heterocycles. The van der Waals surface area contributed by atoms with E-state index in [4.69, 9.17) is 0 Å². The van der Waals surface area contributed by atoms with Gasteiger partial charge >= 0.3 is 0 Å². The highest BCUT2D eigenvalue weighted by Gasteiger charge is 2.01. The summed E-state index contributed by atoms with van der Waals surface area (Å²) in [4.78, 5) is 0. The molecule has 2 heteroatoms. The van der Waals surface area contributed by atoms with Gasteiger partial charge in [0.25, 0.3) is 0 Å². The second-order valence-electron chi connectivity index (χ2n) is 3.47. The number of nitrogens with zero attached hydrogens (tertiary/aromatic N) is 1. The summed E-state index contributed by atoms with van der Waals surface area (Å²) in [5.74, 6) is 0. The van der Waals surface area contributed by atoms with Crippen LogP contribution in [0.2, 0.25) is 0 Å². The van der Waals surface area contributed by atoms with E-state index in [-0.39, 0.29) is 0 Å². The summed E-state index contributed by atoms with van der Waals surface area (Å²) in [6.07, 6.45) is 2.94. The Morgan fingerprint density at radius 2 is 2.00 bits per heavy atom. The van der Waals surface area contributed by atoms with Crippen LogP contribution >= 0.6 is 0 Å². The fourth-order valence-corrected chi connectivity index (χ4v) is 1.57. The highest BCUT2D eigenvalue weighted by Crippen LogP contribution is 2.15. The van der Waals surface area contributed by atoms with Crippen molar-refractivity contribution < 1.29 is 0 Å². The van der Waals surface area contributed by atoms with Gasteiger partial charge in [-0.15, -0.1) is 0 Å². The van der Waals surface area contributed by atoms with Crippen molar-refractivity contribution in [1.82, 2.24) is 5.43 Å². The normalized spacial score (nSPS) is 10.9. The topological polar surface area (TPSA) is 24.4 Å². The van der Waals surface area contributed by atoms with Gasteiger partial charge in [-0.3, -0.25) is 0 Å². The van der Waals surface area contributed by atoms with E-state index in [1.165, 1.54) is 22.3 Å². The van der Waals surface area contributed by atoms with Gasteiger partial charge in [0.15, 0.2) is 0 Å². The third kappa shape index (κ3) is 2.34. The summed E-state index contributed by atoms with van der Waals surface area (Å²) in [7, 11) is 1.81. The van der Waals surface area contributed by atoms with E-state index in [2.05, 4.69) is 43.4 Å². The van der Waals surface area contributed by atoms with Crippen LogP contribution in [0.25, 0.3) is 0 Å². The molecule has 0 saturated carbocycles. The minimum Gasteiger partial charge on any atom is -0.313 e. The fraction of sp³-hybridized carbons (Fsp3) is 0.417. The molecule has 0 aliphatic heterocycles. The first-order chi connectivity index (χ1) is 6.69. The molecule has 0 radical (unpaired) electrons. The number of benzene rings is 1. The highest BCUT2D eigenvalue weighted by molar-refractivity contribution is 5.82. The highest BCUT2D eigenvalue weighted by atomic mass is 15.3. The van der Waals surface area contributed by atoms with Crippen molar-refractivity contribution in [2.24, 2.45) is 5.10 Å². The quantitative estimate of drug-likeness (QED) is 0.574. The van der Waals surface area contributed by atoms with E-state index in [0.29, 0.717) is 0 Å². The van der Waals surface area contributed by atoms with Gasteiger partial charge in [0.2, 0.25) is 0 Å². The number of hydrogen-bond donors (Lipinski definition) is 1. The summed E-state index contributed by atoms with van der Waals surface area (Å²) in [5, 5.41) is 4.03. The minimum atomic E-state index is 1.08. The molecule has 14 heavy (non-hydrogen) atoms. The van der Waals surface area contributed by atoms with Crippen LogP contribution in [0.1, 0.15) is 29.2 Å². The van der Waals surface area contributed by atoms with Crippen LogP contribution in [0.15, 0.2) is 17.2 Å². The largest absolute Gasteiger partial charge is 0.313 e.